The molecule has 1 aromatic heterocycles. The summed E-state index contributed by atoms with van der Waals surface area (Å²) < 4.78 is 0. The molecule has 1 amide bonds. The molecule has 2 aromatic carbocycles. The van der Waals surface area contributed by atoms with Gasteiger partial charge >= 0.3 is 0 Å². The molecule has 1 N–H and O–H groups in total. The van der Waals surface area contributed by atoms with E-state index in [-0.39, 0.29) is 11.8 Å². The lowest BCUT2D eigenvalue weighted by Gasteiger charge is -2.32. The van der Waals surface area contributed by atoms with Crippen molar-refractivity contribution in [1.82, 2.24) is 15.3 Å². The van der Waals surface area contributed by atoms with Gasteiger partial charge in [-0.3, -0.25) is 4.79 Å². The molecule has 1 fully saturated rings. The number of aryl methyl sites for hydroxylation is 2. The number of piperidine rings is 1. The number of hydrogen-bond acceptors (Lipinski definition) is 4. The number of nitrogens with one attached hydrogen (secondary N) is 1. The van der Waals surface area contributed by atoms with Crippen molar-refractivity contribution in [1.29, 1.82) is 0 Å². The standard InChI is InChI=1S/C25H28N4O/c1-18-3-7-20(8-4-18)17-27-25(30)22-12-15-29(16-13-22)23-11-14-26-24(28-23)21-9-5-19(2)6-10-21/h3-11,14,22H,12-13,15-17H2,1-2H3,(H,27,30). The van der Waals surface area contributed by atoms with Crippen molar-refractivity contribution < 1.29 is 4.79 Å². The van der Waals surface area contributed by atoms with Crippen LogP contribution in [-0.2, 0) is 11.3 Å². The second kappa shape index (κ2) is 9.08. The van der Waals surface area contributed by atoms with Crippen molar-refractivity contribution in [2.24, 2.45) is 5.92 Å². The summed E-state index contributed by atoms with van der Waals surface area (Å²) in [6, 6.07) is 18.5. The predicted molar refractivity (Wildman–Crippen MR) is 120 cm³/mol. The number of nitrogens with zero attached hydrogens (tertiary/aromatic N) is 3. The Morgan fingerprint density at radius 1 is 0.967 bits per heavy atom. The van der Waals surface area contributed by atoms with Gasteiger partial charge in [-0.05, 0) is 38.3 Å². The molecule has 30 heavy (non-hydrogen) atoms. The summed E-state index contributed by atoms with van der Waals surface area (Å²) in [6.45, 7) is 6.38. The Hall–Kier alpha value is -3.21. The molecule has 1 saturated heterocycles. The van der Waals surface area contributed by atoms with Gasteiger partial charge in [-0.25, -0.2) is 9.97 Å². The summed E-state index contributed by atoms with van der Waals surface area (Å²) in [5, 5.41) is 3.09. The van der Waals surface area contributed by atoms with Gasteiger partial charge in [-0.15, -0.1) is 0 Å². The van der Waals surface area contributed by atoms with Gasteiger partial charge in [0.05, 0.1) is 0 Å². The van der Waals surface area contributed by atoms with E-state index < -0.39 is 0 Å². The maximum Gasteiger partial charge on any atom is 0.223 e. The first-order chi connectivity index (χ1) is 14.6. The van der Waals surface area contributed by atoms with E-state index in [9.17, 15) is 4.79 Å². The first-order valence-electron chi connectivity index (χ1n) is 10.6. The van der Waals surface area contributed by atoms with Crippen molar-refractivity contribution in [2.45, 2.75) is 33.2 Å². The van der Waals surface area contributed by atoms with Gasteiger partial charge in [0, 0.05) is 37.3 Å². The lowest BCUT2D eigenvalue weighted by atomic mass is 9.96. The highest BCUT2D eigenvalue weighted by Gasteiger charge is 2.25. The molecule has 0 radical (unpaired) electrons. The highest BCUT2D eigenvalue weighted by Crippen LogP contribution is 2.24. The van der Waals surface area contributed by atoms with Gasteiger partial charge in [0.2, 0.25) is 5.91 Å². The van der Waals surface area contributed by atoms with Crippen LogP contribution < -0.4 is 10.2 Å². The Balaban J connectivity index is 1.33. The molecular formula is C25H28N4O. The smallest absolute Gasteiger partial charge is 0.223 e. The highest BCUT2D eigenvalue weighted by molar-refractivity contribution is 5.79. The van der Waals surface area contributed by atoms with Crippen LogP contribution in [0, 0.1) is 19.8 Å². The van der Waals surface area contributed by atoms with Crippen LogP contribution in [0.5, 0.6) is 0 Å². The quantitative estimate of drug-likeness (QED) is 0.694. The SMILES string of the molecule is Cc1ccc(CNC(=O)C2CCN(c3ccnc(-c4ccc(C)cc4)n3)CC2)cc1. The second-order valence-electron chi connectivity index (χ2n) is 8.07. The Morgan fingerprint density at radius 3 is 2.27 bits per heavy atom. The molecule has 154 valence electrons. The second-order valence-corrected chi connectivity index (χ2v) is 8.07. The molecule has 4 rings (SSSR count). The fourth-order valence-corrected chi connectivity index (χ4v) is 3.78. The van der Waals surface area contributed by atoms with E-state index in [2.05, 4.69) is 77.6 Å². The summed E-state index contributed by atoms with van der Waals surface area (Å²) in [6.07, 6.45) is 3.49. The average Bonchev–Trinajstić information content (AvgIpc) is 2.79. The Bertz CT molecular complexity index is 990. The van der Waals surface area contributed by atoms with E-state index in [0.29, 0.717) is 6.54 Å². The number of rotatable bonds is 5. The van der Waals surface area contributed by atoms with E-state index in [1.54, 1.807) is 0 Å². The number of aromatic nitrogens is 2. The van der Waals surface area contributed by atoms with Crippen molar-refractivity contribution >= 4 is 11.7 Å². The van der Waals surface area contributed by atoms with Crippen molar-refractivity contribution in [3.8, 4) is 11.4 Å². The van der Waals surface area contributed by atoms with Crippen LogP contribution >= 0.6 is 0 Å². The first-order valence-corrected chi connectivity index (χ1v) is 10.6. The number of carbonyl (C=O) groups is 1. The lowest BCUT2D eigenvalue weighted by molar-refractivity contribution is -0.125. The number of amides is 1. The van der Waals surface area contributed by atoms with E-state index >= 15 is 0 Å². The van der Waals surface area contributed by atoms with Crippen LogP contribution in [0.1, 0.15) is 29.5 Å². The Labute approximate surface area is 178 Å². The minimum Gasteiger partial charge on any atom is -0.356 e. The van der Waals surface area contributed by atoms with Gasteiger partial charge in [-0.1, -0.05) is 59.7 Å². The average molecular weight is 401 g/mol. The number of benzene rings is 2. The monoisotopic (exact) mass is 400 g/mol. The molecule has 3 aromatic rings. The van der Waals surface area contributed by atoms with Crippen LogP contribution in [0.3, 0.4) is 0 Å². The van der Waals surface area contributed by atoms with E-state index in [1.807, 2.05) is 12.3 Å². The Kier molecular flexibility index (Phi) is 6.07. The molecule has 0 bridgehead atoms. The van der Waals surface area contributed by atoms with Crippen LogP contribution in [0.15, 0.2) is 60.8 Å². The van der Waals surface area contributed by atoms with E-state index in [1.165, 1.54) is 11.1 Å². The lowest BCUT2D eigenvalue weighted by Crippen LogP contribution is -2.40. The molecule has 2 heterocycles. The van der Waals surface area contributed by atoms with Crippen LogP contribution in [0.25, 0.3) is 11.4 Å². The molecule has 1 aliphatic heterocycles. The molecule has 5 heteroatoms. The molecular weight excluding hydrogens is 372 g/mol. The molecule has 0 aliphatic carbocycles. The third-order valence-corrected chi connectivity index (χ3v) is 5.73. The minimum atomic E-state index is 0.0603. The fraction of sp³-hybridized carbons (Fsp3) is 0.320. The molecule has 1 aliphatic rings. The maximum absolute atomic E-state index is 12.6. The van der Waals surface area contributed by atoms with Gasteiger partial charge < -0.3 is 10.2 Å². The molecule has 0 unspecified atom stereocenters. The van der Waals surface area contributed by atoms with Gasteiger partial charge in [0.15, 0.2) is 5.82 Å². The van der Waals surface area contributed by atoms with Crippen LogP contribution in [0.4, 0.5) is 5.82 Å². The summed E-state index contributed by atoms with van der Waals surface area (Å²) in [4.78, 5) is 24.0. The topological polar surface area (TPSA) is 58.1 Å². The van der Waals surface area contributed by atoms with E-state index in [4.69, 9.17) is 4.98 Å². The number of anilines is 1. The minimum absolute atomic E-state index is 0.0603. The van der Waals surface area contributed by atoms with Crippen LogP contribution in [-0.4, -0.2) is 29.0 Å². The third kappa shape index (κ3) is 4.85. The maximum atomic E-state index is 12.6. The molecule has 0 saturated carbocycles. The zero-order chi connectivity index (χ0) is 20.9. The Morgan fingerprint density at radius 2 is 1.60 bits per heavy atom. The summed E-state index contributed by atoms with van der Waals surface area (Å²) in [5.74, 6) is 1.88. The third-order valence-electron chi connectivity index (χ3n) is 5.73. The van der Waals surface area contributed by atoms with Crippen molar-refractivity contribution in [3.63, 3.8) is 0 Å². The molecule has 0 atom stereocenters. The van der Waals surface area contributed by atoms with Crippen LogP contribution in [0.2, 0.25) is 0 Å². The van der Waals surface area contributed by atoms with Gasteiger partial charge in [0.25, 0.3) is 0 Å². The summed E-state index contributed by atoms with van der Waals surface area (Å²) >= 11 is 0. The van der Waals surface area contributed by atoms with Crippen molar-refractivity contribution in [2.75, 3.05) is 18.0 Å². The highest BCUT2D eigenvalue weighted by atomic mass is 16.1. The summed E-state index contributed by atoms with van der Waals surface area (Å²) in [7, 11) is 0. The van der Waals surface area contributed by atoms with Crippen molar-refractivity contribution in [3.05, 3.63) is 77.5 Å². The summed E-state index contributed by atoms with van der Waals surface area (Å²) in [5.41, 5.74) is 4.61. The number of carbonyl (C=O) groups excluding carboxylic acids is 1. The predicted octanol–water partition coefficient (Wildman–Crippen LogP) is 4.29. The zero-order valence-electron chi connectivity index (χ0n) is 17.6. The molecule has 5 nitrogen and oxygen atoms in total. The van der Waals surface area contributed by atoms with Gasteiger partial charge in [0.1, 0.15) is 5.82 Å². The molecule has 0 spiro atoms. The van der Waals surface area contributed by atoms with E-state index in [0.717, 1.165) is 48.7 Å². The first kappa shape index (κ1) is 20.1. The zero-order valence-corrected chi connectivity index (χ0v) is 17.6. The largest absolute Gasteiger partial charge is 0.356 e. The fourth-order valence-electron chi connectivity index (χ4n) is 3.78. The number of hydrogen-bond donors (Lipinski definition) is 1. The normalized spacial score (nSPS) is 14.5. The van der Waals surface area contributed by atoms with Gasteiger partial charge in [-0.2, -0.15) is 0 Å².